The van der Waals surface area contributed by atoms with Crippen LogP contribution in [0.25, 0.3) is 0 Å². The van der Waals surface area contributed by atoms with E-state index in [1.54, 1.807) is 12.3 Å². The van der Waals surface area contributed by atoms with Crippen molar-refractivity contribution in [3.63, 3.8) is 0 Å². The second-order valence-electron chi connectivity index (χ2n) is 4.70. The van der Waals surface area contributed by atoms with Crippen LogP contribution in [0.15, 0.2) is 22.8 Å². The second-order valence-corrected chi connectivity index (χ2v) is 4.70. The summed E-state index contributed by atoms with van der Waals surface area (Å²) in [6, 6.07) is 3.20. The summed E-state index contributed by atoms with van der Waals surface area (Å²) in [6.07, 6.45) is 5.12. The van der Waals surface area contributed by atoms with Crippen LogP contribution in [0.2, 0.25) is 0 Å². The lowest BCUT2D eigenvalue weighted by Gasteiger charge is -2.12. The van der Waals surface area contributed by atoms with E-state index in [0.29, 0.717) is 18.7 Å². The van der Waals surface area contributed by atoms with E-state index in [9.17, 15) is 9.59 Å². The Bertz CT molecular complexity index is 403. The second kappa shape index (κ2) is 9.01. The van der Waals surface area contributed by atoms with Gasteiger partial charge in [-0.05, 0) is 31.9 Å². The molecule has 112 valence electrons. The molecular weight excluding hydrogens is 260 g/mol. The molecule has 6 nitrogen and oxygen atoms in total. The molecule has 0 aliphatic heterocycles. The number of nitrogens with one attached hydrogen (secondary N) is 2. The van der Waals surface area contributed by atoms with Crippen molar-refractivity contribution in [3.05, 3.63) is 24.2 Å². The van der Waals surface area contributed by atoms with Crippen LogP contribution in [0.5, 0.6) is 0 Å². The minimum Gasteiger partial charge on any atom is -0.481 e. The Morgan fingerprint density at radius 1 is 1.30 bits per heavy atom. The molecule has 0 saturated heterocycles. The van der Waals surface area contributed by atoms with E-state index in [1.165, 1.54) is 0 Å². The van der Waals surface area contributed by atoms with Crippen LogP contribution in [0.4, 0.5) is 4.79 Å². The normalized spacial score (nSPS) is 11.8. The Hall–Kier alpha value is -1.98. The van der Waals surface area contributed by atoms with Gasteiger partial charge in [0.05, 0.1) is 12.3 Å². The van der Waals surface area contributed by atoms with Gasteiger partial charge in [-0.25, -0.2) is 4.79 Å². The third-order valence-corrected chi connectivity index (χ3v) is 2.92. The highest BCUT2D eigenvalue weighted by Crippen LogP contribution is 2.11. The number of carboxylic acids is 1. The number of rotatable bonds is 9. The maximum atomic E-state index is 11.6. The van der Waals surface area contributed by atoms with Crippen LogP contribution in [-0.2, 0) is 4.79 Å². The third-order valence-electron chi connectivity index (χ3n) is 2.92. The van der Waals surface area contributed by atoms with Crippen molar-refractivity contribution in [3.8, 4) is 0 Å². The lowest BCUT2D eigenvalue weighted by atomic mass is 10.1. The zero-order chi connectivity index (χ0) is 14.8. The topological polar surface area (TPSA) is 91.6 Å². The smallest absolute Gasteiger partial charge is 0.315 e. The van der Waals surface area contributed by atoms with Gasteiger partial charge in [0.1, 0.15) is 5.76 Å². The standard InChI is InChI=1S/C14H22N2O4/c1-11(12-7-6-10-20-12)16-14(19)15-9-5-3-2-4-8-13(17)18/h6-7,10-11H,2-5,8-9H2,1H3,(H,17,18)(H2,15,16,19). The molecule has 1 rings (SSSR count). The zero-order valence-electron chi connectivity index (χ0n) is 11.7. The summed E-state index contributed by atoms with van der Waals surface area (Å²) in [5.41, 5.74) is 0. The van der Waals surface area contributed by atoms with Gasteiger partial charge in [0.25, 0.3) is 0 Å². The molecule has 1 atom stereocenters. The van der Waals surface area contributed by atoms with E-state index in [1.807, 2.05) is 13.0 Å². The molecule has 2 amide bonds. The van der Waals surface area contributed by atoms with Gasteiger partial charge >= 0.3 is 12.0 Å². The summed E-state index contributed by atoms with van der Waals surface area (Å²) in [7, 11) is 0. The first-order valence-electron chi connectivity index (χ1n) is 6.89. The highest BCUT2D eigenvalue weighted by atomic mass is 16.4. The minimum atomic E-state index is -0.755. The molecular formula is C14H22N2O4. The van der Waals surface area contributed by atoms with Gasteiger partial charge in [-0.3, -0.25) is 4.79 Å². The molecule has 0 spiro atoms. The van der Waals surface area contributed by atoms with Crippen LogP contribution in [0.3, 0.4) is 0 Å². The first kappa shape index (κ1) is 16.1. The average Bonchev–Trinajstić information content (AvgIpc) is 2.91. The van der Waals surface area contributed by atoms with Gasteiger partial charge in [-0.2, -0.15) is 0 Å². The molecule has 0 saturated carbocycles. The predicted molar refractivity (Wildman–Crippen MR) is 74.4 cm³/mol. The fraction of sp³-hybridized carbons (Fsp3) is 0.571. The molecule has 1 aromatic rings. The maximum Gasteiger partial charge on any atom is 0.315 e. The molecule has 1 unspecified atom stereocenters. The fourth-order valence-electron chi connectivity index (χ4n) is 1.81. The number of furan rings is 1. The van der Waals surface area contributed by atoms with Gasteiger partial charge < -0.3 is 20.2 Å². The summed E-state index contributed by atoms with van der Waals surface area (Å²) in [5.74, 6) is -0.0387. The molecule has 0 aromatic carbocycles. The molecule has 0 aliphatic rings. The van der Waals surface area contributed by atoms with E-state index < -0.39 is 5.97 Å². The van der Waals surface area contributed by atoms with Crippen molar-refractivity contribution in [2.75, 3.05) is 6.54 Å². The monoisotopic (exact) mass is 282 g/mol. The number of carbonyl (C=O) groups is 2. The van der Waals surface area contributed by atoms with Crippen LogP contribution in [0, 0.1) is 0 Å². The minimum absolute atomic E-state index is 0.166. The van der Waals surface area contributed by atoms with E-state index in [0.717, 1.165) is 19.3 Å². The van der Waals surface area contributed by atoms with Crippen molar-refractivity contribution >= 4 is 12.0 Å². The lowest BCUT2D eigenvalue weighted by molar-refractivity contribution is -0.137. The van der Waals surface area contributed by atoms with Gasteiger partial charge in [0.15, 0.2) is 0 Å². The van der Waals surface area contributed by atoms with Crippen molar-refractivity contribution in [2.24, 2.45) is 0 Å². The Morgan fingerprint density at radius 3 is 2.70 bits per heavy atom. The first-order valence-corrected chi connectivity index (χ1v) is 6.89. The number of urea groups is 1. The van der Waals surface area contributed by atoms with E-state index in [4.69, 9.17) is 9.52 Å². The largest absolute Gasteiger partial charge is 0.481 e. The fourth-order valence-corrected chi connectivity index (χ4v) is 1.81. The maximum absolute atomic E-state index is 11.6. The Balaban J connectivity index is 2.02. The van der Waals surface area contributed by atoms with E-state index in [2.05, 4.69) is 10.6 Å². The highest BCUT2D eigenvalue weighted by molar-refractivity contribution is 5.74. The SMILES string of the molecule is CC(NC(=O)NCCCCCCC(=O)O)c1ccco1. The number of amides is 2. The van der Waals surface area contributed by atoms with Crippen molar-refractivity contribution in [2.45, 2.75) is 45.1 Å². The molecule has 1 aromatic heterocycles. The van der Waals surface area contributed by atoms with Gasteiger partial charge in [-0.15, -0.1) is 0 Å². The molecule has 0 bridgehead atoms. The molecule has 6 heteroatoms. The zero-order valence-corrected chi connectivity index (χ0v) is 11.7. The Labute approximate surface area is 118 Å². The Morgan fingerprint density at radius 2 is 2.05 bits per heavy atom. The summed E-state index contributed by atoms with van der Waals surface area (Å²) < 4.78 is 5.19. The molecule has 1 heterocycles. The number of carbonyl (C=O) groups excluding carboxylic acids is 1. The van der Waals surface area contributed by atoms with Crippen LogP contribution >= 0.6 is 0 Å². The number of carboxylic acid groups (broad SMARTS) is 1. The quantitative estimate of drug-likeness (QED) is 0.607. The van der Waals surface area contributed by atoms with E-state index in [-0.39, 0.29) is 18.5 Å². The van der Waals surface area contributed by atoms with Gasteiger partial charge in [0.2, 0.25) is 0 Å². The summed E-state index contributed by atoms with van der Waals surface area (Å²) in [4.78, 5) is 21.9. The number of aliphatic carboxylic acids is 1. The first-order chi connectivity index (χ1) is 9.59. The van der Waals surface area contributed by atoms with Crippen LogP contribution < -0.4 is 10.6 Å². The molecule has 20 heavy (non-hydrogen) atoms. The van der Waals surface area contributed by atoms with Crippen LogP contribution in [0.1, 0.15) is 50.8 Å². The van der Waals surface area contributed by atoms with Crippen LogP contribution in [-0.4, -0.2) is 23.7 Å². The van der Waals surface area contributed by atoms with Crippen molar-refractivity contribution in [1.82, 2.24) is 10.6 Å². The van der Waals surface area contributed by atoms with Crippen molar-refractivity contribution in [1.29, 1.82) is 0 Å². The van der Waals surface area contributed by atoms with E-state index >= 15 is 0 Å². The molecule has 3 N–H and O–H groups in total. The predicted octanol–water partition coefficient (Wildman–Crippen LogP) is 2.67. The summed E-state index contributed by atoms with van der Waals surface area (Å²) in [6.45, 7) is 2.44. The lowest BCUT2D eigenvalue weighted by Crippen LogP contribution is -2.37. The molecule has 0 fully saturated rings. The molecule has 0 aliphatic carbocycles. The average molecular weight is 282 g/mol. The third kappa shape index (κ3) is 6.82. The Kier molecular flexibility index (Phi) is 7.24. The molecule has 0 radical (unpaired) electrons. The summed E-state index contributed by atoms with van der Waals surface area (Å²) >= 11 is 0. The highest BCUT2D eigenvalue weighted by Gasteiger charge is 2.10. The number of hydrogen-bond acceptors (Lipinski definition) is 3. The number of unbranched alkanes of at least 4 members (excludes halogenated alkanes) is 3. The van der Waals surface area contributed by atoms with Gasteiger partial charge in [0, 0.05) is 13.0 Å². The number of hydrogen-bond donors (Lipinski definition) is 3. The van der Waals surface area contributed by atoms with Crippen molar-refractivity contribution < 1.29 is 19.1 Å². The van der Waals surface area contributed by atoms with Gasteiger partial charge in [-0.1, -0.05) is 12.8 Å². The summed E-state index contributed by atoms with van der Waals surface area (Å²) in [5, 5.41) is 14.0.